The normalized spacial score (nSPS) is 10.7. The molecule has 6 heteroatoms. The summed E-state index contributed by atoms with van der Waals surface area (Å²) in [6.07, 6.45) is 1.26. The topological polar surface area (TPSA) is 75.0 Å². The number of esters is 1. The molecule has 0 radical (unpaired) electrons. The van der Waals surface area contributed by atoms with Crippen LogP contribution in [0.25, 0.3) is 11.0 Å². The molecule has 0 bridgehead atoms. The lowest BCUT2D eigenvalue weighted by Crippen LogP contribution is -2.09. The van der Waals surface area contributed by atoms with Gasteiger partial charge < -0.3 is 18.6 Å². The molecule has 31 heavy (non-hydrogen) atoms. The quantitative estimate of drug-likeness (QED) is 0.319. The van der Waals surface area contributed by atoms with Crippen molar-refractivity contribution < 1.29 is 23.4 Å². The van der Waals surface area contributed by atoms with Crippen molar-refractivity contribution in [2.24, 2.45) is 0 Å². The molecule has 0 aliphatic rings. The van der Waals surface area contributed by atoms with Crippen LogP contribution >= 0.6 is 0 Å². The second kappa shape index (κ2) is 8.36. The van der Waals surface area contributed by atoms with E-state index in [4.69, 9.17) is 18.6 Å². The van der Waals surface area contributed by atoms with Gasteiger partial charge in [-0.05, 0) is 67.4 Å². The van der Waals surface area contributed by atoms with Gasteiger partial charge in [-0.15, -0.1) is 0 Å². The molecule has 0 spiro atoms. The predicted octanol–water partition coefficient (Wildman–Crippen LogP) is 5.43. The standard InChI is InChI=1S/C25H20O6/c1-15-9-16(2)11-20(10-15)30-23-14-29-22-13-19(7-8-21(22)24(23)26)31-25(27)17-5-4-6-18(12-17)28-3/h4-14H,1-3H3. The number of hydrogen-bond donors (Lipinski definition) is 0. The summed E-state index contributed by atoms with van der Waals surface area (Å²) in [6, 6.07) is 16.9. The second-order valence-corrected chi connectivity index (χ2v) is 7.13. The SMILES string of the molecule is COc1cccc(C(=O)Oc2ccc3c(=O)c(Oc4cc(C)cc(C)c4)coc3c2)c1. The average molecular weight is 416 g/mol. The van der Waals surface area contributed by atoms with E-state index in [2.05, 4.69) is 0 Å². The minimum absolute atomic E-state index is 0.0821. The van der Waals surface area contributed by atoms with Crippen LogP contribution in [0.4, 0.5) is 0 Å². The van der Waals surface area contributed by atoms with E-state index >= 15 is 0 Å². The van der Waals surface area contributed by atoms with Gasteiger partial charge in [0.1, 0.15) is 29.1 Å². The van der Waals surface area contributed by atoms with Gasteiger partial charge in [-0.2, -0.15) is 0 Å². The second-order valence-electron chi connectivity index (χ2n) is 7.13. The summed E-state index contributed by atoms with van der Waals surface area (Å²) < 4.78 is 21.9. The van der Waals surface area contributed by atoms with Gasteiger partial charge in [-0.1, -0.05) is 12.1 Å². The summed E-state index contributed by atoms with van der Waals surface area (Å²) in [4.78, 5) is 25.2. The van der Waals surface area contributed by atoms with Crippen LogP contribution in [0, 0.1) is 13.8 Å². The number of ether oxygens (including phenoxy) is 3. The van der Waals surface area contributed by atoms with E-state index in [9.17, 15) is 9.59 Å². The molecule has 3 aromatic carbocycles. The summed E-state index contributed by atoms with van der Waals surface area (Å²) in [5.41, 5.74) is 2.38. The molecule has 156 valence electrons. The Morgan fingerprint density at radius 3 is 2.39 bits per heavy atom. The first-order valence-corrected chi connectivity index (χ1v) is 9.61. The lowest BCUT2D eigenvalue weighted by molar-refractivity contribution is 0.0734. The molecule has 4 rings (SSSR count). The van der Waals surface area contributed by atoms with Crippen LogP contribution in [0.5, 0.6) is 23.0 Å². The van der Waals surface area contributed by atoms with E-state index in [1.165, 1.54) is 25.5 Å². The highest BCUT2D eigenvalue weighted by atomic mass is 16.5. The summed E-state index contributed by atoms with van der Waals surface area (Å²) >= 11 is 0. The van der Waals surface area contributed by atoms with E-state index < -0.39 is 5.97 Å². The highest BCUT2D eigenvalue weighted by Gasteiger charge is 2.14. The number of rotatable bonds is 5. The molecule has 0 aliphatic heterocycles. The molecule has 0 amide bonds. The third kappa shape index (κ3) is 4.43. The fraction of sp³-hybridized carbons (Fsp3) is 0.120. The van der Waals surface area contributed by atoms with Gasteiger partial charge in [0, 0.05) is 6.07 Å². The van der Waals surface area contributed by atoms with Gasteiger partial charge in [-0.25, -0.2) is 4.79 Å². The summed E-state index contributed by atoms with van der Waals surface area (Å²) in [5, 5.41) is 0.322. The third-order valence-corrected chi connectivity index (χ3v) is 4.65. The molecule has 0 atom stereocenters. The molecule has 6 nitrogen and oxygen atoms in total. The van der Waals surface area contributed by atoms with E-state index in [1.54, 1.807) is 30.3 Å². The molecular weight excluding hydrogens is 396 g/mol. The fourth-order valence-electron chi connectivity index (χ4n) is 3.26. The minimum atomic E-state index is -0.546. The van der Waals surface area contributed by atoms with Crippen molar-refractivity contribution in [3.05, 3.63) is 93.8 Å². The van der Waals surface area contributed by atoms with E-state index in [0.29, 0.717) is 22.4 Å². The molecule has 4 aromatic rings. The van der Waals surface area contributed by atoms with Gasteiger partial charge in [0.05, 0.1) is 18.1 Å². The van der Waals surface area contributed by atoms with Crippen molar-refractivity contribution in [1.29, 1.82) is 0 Å². The van der Waals surface area contributed by atoms with Crippen LogP contribution in [0.1, 0.15) is 21.5 Å². The molecule has 0 saturated carbocycles. The Balaban J connectivity index is 1.59. The fourth-order valence-corrected chi connectivity index (χ4v) is 3.26. The Kier molecular flexibility index (Phi) is 5.45. The zero-order chi connectivity index (χ0) is 22.0. The number of carbonyl (C=O) groups excluding carboxylic acids is 1. The largest absolute Gasteiger partial charge is 0.497 e. The molecule has 0 N–H and O–H groups in total. The number of hydrogen-bond acceptors (Lipinski definition) is 6. The summed E-state index contributed by atoms with van der Waals surface area (Å²) in [6.45, 7) is 3.91. The van der Waals surface area contributed by atoms with Gasteiger partial charge in [-0.3, -0.25) is 4.79 Å². The molecule has 1 aromatic heterocycles. The van der Waals surface area contributed by atoms with Gasteiger partial charge in [0.25, 0.3) is 0 Å². The lowest BCUT2D eigenvalue weighted by atomic mass is 10.1. The van der Waals surface area contributed by atoms with Crippen LogP contribution in [-0.2, 0) is 0 Å². The number of fused-ring (bicyclic) bond motifs is 1. The first-order valence-electron chi connectivity index (χ1n) is 9.61. The molecule has 0 aliphatic carbocycles. The van der Waals surface area contributed by atoms with E-state index in [-0.39, 0.29) is 22.5 Å². The Labute approximate surface area is 178 Å². The van der Waals surface area contributed by atoms with Gasteiger partial charge in [0.2, 0.25) is 11.2 Å². The first-order chi connectivity index (χ1) is 14.9. The average Bonchev–Trinajstić information content (AvgIpc) is 2.75. The van der Waals surface area contributed by atoms with Crippen molar-refractivity contribution in [1.82, 2.24) is 0 Å². The van der Waals surface area contributed by atoms with Crippen LogP contribution in [0.2, 0.25) is 0 Å². The maximum absolute atomic E-state index is 12.8. The Morgan fingerprint density at radius 1 is 0.871 bits per heavy atom. The van der Waals surface area contributed by atoms with Crippen molar-refractivity contribution in [3.63, 3.8) is 0 Å². The summed E-state index contributed by atoms with van der Waals surface area (Å²) in [5.74, 6) is 0.906. The maximum atomic E-state index is 12.8. The number of aryl methyl sites for hydroxylation is 2. The monoisotopic (exact) mass is 416 g/mol. The molecule has 0 fully saturated rings. The Hall–Kier alpha value is -4.06. The smallest absolute Gasteiger partial charge is 0.343 e. The van der Waals surface area contributed by atoms with Gasteiger partial charge >= 0.3 is 5.97 Å². The highest BCUT2D eigenvalue weighted by Crippen LogP contribution is 2.26. The number of methoxy groups -OCH3 is 1. The van der Waals surface area contributed by atoms with Crippen LogP contribution in [-0.4, -0.2) is 13.1 Å². The van der Waals surface area contributed by atoms with Crippen LogP contribution in [0.15, 0.2) is 76.1 Å². The third-order valence-electron chi connectivity index (χ3n) is 4.65. The lowest BCUT2D eigenvalue weighted by Gasteiger charge is -2.09. The first kappa shape index (κ1) is 20.2. The van der Waals surface area contributed by atoms with E-state index in [1.807, 2.05) is 32.0 Å². The molecule has 0 unspecified atom stereocenters. The van der Waals surface area contributed by atoms with Crippen LogP contribution in [0.3, 0.4) is 0 Å². The minimum Gasteiger partial charge on any atom is -0.497 e. The number of carbonyl (C=O) groups is 1. The zero-order valence-electron chi connectivity index (χ0n) is 17.3. The zero-order valence-corrected chi connectivity index (χ0v) is 17.3. The van der Waals surface area contributed by atoms with Gasteiger partial charge in [0.15, 0.2) is 0 Å². The Bertz CT molecular complexity index is 1320. The molecule has 1 heterocycles. The van der Waals surface area contributed by atoms with E-state index in [0.717, 1.165) is 11.1 Å². The predicted molar refractivity (Wildman–Crippen MR) is 116 cm³/mol. The highest BCUT2D eigenvalue weighted by molar-refractivity contribution is 5.92. The van der Waals surface area contributed by atoms with Crippen molar-refractivity contribution in [2.45, 2.75) is 13.8 Å². The molecular formula is C25H20O6. The van der Waals surface area contributed by atoms with Crippen LogP contribution < -0.4 is 19.6 Å². The molecule has 0 saturated heterocycles. The van der Waals surface area contributed by atoms with Crippen molar-refractivity contribution in [3.8, 4) is 23.0 Å². The Morgan fingerprint density at radius 2 is 1.65 bits per heavy atom. The maximum Gasteiger partial charge on any atom is 0.343 e. The summed E-state index contributed by atoms with van der Waals surface area (Å²) in [7, 11) is 1.52. The van der Waals surface area contributed by atoms with Crippen molar-refractivity contribution in [2.75, 3.05) is 7.11 Å². The number of benzene rings is 3. The van der Waals surface area contributed by atoms with Crippen molar-refractivity contribution >= 4 is 16.9 Å².